The first-order valence-corrected chi connectivity index (χ1v) is 11.8. The molecule has 0 radical (unpaired) electrons. The number of phenolic OH excluding ortho intramolecular Hbond substituents is 1. The van der Waals surface area contributed by atoms with E-state index in [1.807, 2.05) is 30.6 Å². The zero-order valence-electron chi connectivity index (χ0n) is 19.1. The molecule has 2 aromatic carbocycles. The van der Waals surface area contributed by atoms with Crippen LogP contribution in [0, 0.1) is 5.92 Å². The van der Waals surface area contributed by atoms with Gasteiger partial charge in [-0.1, -0.05) is 56.3 Å². The molecule has 0 bridgehead atoms. The lowest BCUT2D eigenvalue weighted by atomic mass is 9.65. The van der Waals surface area contributed by atoms with Crippen molar-refractivity contribution in [2.45, 2.75) is 38.3 Å². The molecule has 3 heterocycles. The lowest BCUT2D eigenvalue weighted by molar-refractivity contribution is -0.00557. The number of aromatic hydroxyl groups is 1. The number of hydrogen-bond acceptors (Lipinski definition) is 4. The highest BCUT2D eigenvalue weighted by atomic mass is 16.3. The molecule has 2 saturated heterocycles. The van der Waals surface area contributed by atoms with Crippen LogP contribution in [-0.4, -0.2) is 52.1 Å². The minimum Gasteiger partial charge on any atom is -0.508 e. The van der Waals surface area contributed by atoms with Crippen molar-refractivity contribution >= 4 is 0 Å². The Balaban J connectivity index is 1.27. The summed E-state index contributed by atoms with van der Waals surface area (Å²) in [4.78, 5) is 9.53. The second-order valence-corrected chi connectivity index (χ2v) is 9.90. The van der Waals surface area contributed by atoms with Crippen LogP contribution in [0.15, 0.2) is 73.1 Å². The van der Waals surface area contributed by atoms with Gasteiger partial charge in [-0.2, -0.15) is 0 Å². The molecule has 1 N–H and O–H groups in total. The summed E-state index contributed by atoms with van der Waals surface area (Å²) < 4.78 is 0. The monoisotopic (exact) mass is 427 g/mol. The molecular formula is C28H33N3O. The number of benzene rings is 2. The molecule has 0 amide bonds. The Labute approximate surface area is 191 Å². The number of hydrogen-bond donors (Lipinski definition) is 1. The molecule has 1 aromatic heterocycles. The zero-order chi connectivity index (χ0) is 22.1. The molecule has 4 nitrogen and oxygen atoms in total. The Bertz CT molecular complexity index is 1050. The molecule has 0 saturated carbocycles. The van der Waals surface area contributed by atoms with Gasteiger partial charge < -0.3 is 5.11 Å². The number of aromatic nitrogens is 1. The quantitative estimate of drug-likeness (QED) is 0.640. The highest BCUT2D eigenvalue weighted by Gasteiger charge is 2.44. The van der Waals surface area contributed by atoms with Crippen LogP contribution in [0.4, 0.5) is 0 Å². The van der Waals surface area contributed by atoms with E-state index < -0.39 is 0 Å². The van der Waals surface area contributed by atoms with Gasteiger partial charge in [0.1, 0.15) is 5.75 Å². The van der Waals surface area contributed by atoms with Crippen LogP contribution < -0.4 is 0 Å². The van der Waals surface area contributed by atoms with Gasteiger partial charge in [0, 0.05) is 51.2 Å². The first-order chi connectivity index (χ1) is 15.5. The molecule has 3 aromatic rings. The largest absolute Gasteiger partial charge is 0.508 e. The fourth-order valence-electron chi connectivity index (χ4n) is 5.64. The average Bonchev–Trinajstić information content (AvgIpc) is 2.81. The summed E-state index contributed by atoms with van der Waals surface area (Å²) in [7, 11) is 0. The van der Waals surface area contributed by atoms with E-state index in [1.165, 1.54) is 16.7 Å². The second kappa shape index (κ2) is 8.68. The van der Waals surface area contributed by atoms with Crippen molar-refractivity contribution in [2.24, 2.45) is 5.92 Å². The predicted molar refractivity (Wildman–Crippen MR) is 130 cm³/mol. The van der Waals surface area contributed by atoms with E-state index in [1.54, 1.807) is 6.07 Å². The van der Waals surface area contributed by atoms with Gasteiger partial charge in [0.25, 0.3) is 0 Å². The van der Waals surface area contributed by atoms with E-state index in [9.17, 15) is 5.11 Å². The molecule has 2 aliphatic rings. The van der Waals surface area contributed by atoms with Crippen LogP contribution in [0.3, 0.4) is 0 Å². The van der Waals surface area contributed by atoms with Crippen LogP contribution in [0.5, 0.6) is 5.75 Å². The molecular weight excluding hydrogens is 394 g/mol. The summed E-state index contributed by atoms with van der Waals surface area (Å²) >= 11 is 0. The third kappa shape index (κ3) is 4.17. The van der Waals surface area contributed by atoms with Gasteiger partial charge in [-0.25, -0.2) is 0 Å². The smallest absolute Gasteiger partial charge is 0.115 e. The average molecular weight is 428 g/mol. The van der Waals surface area contributed by atoms with Crippen molar-refractivity contribution in [3.8, 4) is 16.9 Å². The van der Waals surface area contributed by atoms with Crippen molar-refractivity contribution in [3.63, 3.8) is 0 Å². The molecule has 4 heteroatoms. The predicted octanol–water partition coefficient (Wildman–Crippen LogP) is 4.94. The van der Waals surface area contributed by atoms with Crippen molar-refractivity contribution in [1.29, 1.82) is 0 Å². The SMILES string of the molecule is C[C@H]1CN2CCN(Cc3ccc(-c4cccnc4)cc3)C[C@H]2C[C@@]1(C)c1cccc(O)c1. The number of pyridine rings is 1. The van der Waals surface area contributed by atoms with Gasteiger partial charge in [0.2, 0.25) is 0 Å². The Morgan fingerprint density at radius 1 is 1.00 bits per heavy atom. The van der Waals surface area contributed by atoms with E-state index in [0.29, 0.717) is 17.7 Å². The maximum atomic E-state index is 10.1. The number of phenols is 1. The number of rotatable bonds is 4. The van der Waals surface area contributed by atoms with Gasteiger partial charge in [0.15, 0.2) is 0 Å². The molecule has 32 heavy (non-hydrogen) atoms. The van der Waals surface area contributed by atoms with Crippen LogP contribution in [0.2, 0.25) is 0 Å². The lowest BCUT2D eigenvalue weighted by Gasteiger charge is -2.53. The Morgan fingerprint density at radius 2 is 1.84 bits per heavy atom. The Kier molecular flexibility index (Phi) is 5.75. The molecule has 5 rings (SSSR count). The highest BCUT2D eigenvalue weighted by Crippen LogP contribution is 2.43. The van der Waals surface area contributed by atoms with Crippen molar-refractivity contribution in [2.75, 3.05) is 26.2 Å². The summed E-state index contributed by atoms with van der Waals surface area (Å²) in [6, 6.07) is 21.5. The van der Waals surface area contributed by atoms with E-state index in [2.05, 4.69) is 65.0 Å². The van der Waals surface area contributed by atoms with Gasteiger partial charge in [-0.3, -0.25) is 14.8 Å². The first-order valence-electron chi connectivity index (χ1n) is 11.8. The van der Waals surface area contributed by atoms with Crippen molar-refractivity contribution in [3.05, 3.63) is 84.2 Å². The summed E-state index contributed by atoms with van der Waals surface area (Å²) in [5, 5.41) is 10.1. The fraction of sp³-hybridized carbons (Fsp3) is 0.393. The highest BCUT2D eigenvalue weighted by molar-refractivity contribution is 5.62. The summed E-state index contributed by atoms with van der Waals surface area (Å²) in [5.74, 6) is 0.936. The molecule has 2 aliphatic heterocycles. The minimum atomic E-state index is 0.0916. The van der Waals surface area contributed by atoms with Crippen LogP contribution in [-0.2, 0) is 12.0 Å². The summed E-state index contributed by atoms with van der Waals surface area (Å²) in [6.07, 6.45) is 4.87. The Hall–Kier alpha value is -2.69. The lowest BCUT2D eigenvalue weighted by Crippen LogP contribution is -2.60. The standard InChI is InChI=1S/C28H33N3O/c1-21-18-31-14-13-30(19-22-8-10-23(11-9-22)24-5-4-12-29-17-24)20-26(31)16-28(21,2)25-6-3-7-27(32)15-25/h3-12,15,17,21,26,32H,13-14,16,18-20H2,1-2H3/t21-,26+,28+/m0/s1. The number of piperazine rings is 1. The van der Waals surface area contributed by atoms with Gasteiger partial charge >= 0.3 is 0 Å². The maximum absolute atomic E-state index is 10.1. The van der Waals surface area contributed by atoms with Crippen LogP contribution >= 0.6 is 0 Å². The third-order valence-corrected chi connectivity index (χ3v) is 7.81. The molecule has 0 spiro atoms. The minimum absolute atomic E-state index is 0.0916. The van der Waals surface area contributed by atoms with Crippen molar-refractivity contribution < 1.29 is 5.11 Å². The van der Waals surface area contributed by atoms with Gasteiger partial charge in [-0.15, -0.1) is 0 Å². The van der Waals surface area contributed by atoms with E-state index >= 15 is 0 Å². The Morgan fingerprint density at radius 3 is 2.59 bits per heavy atom. The topological polar surface area (TPSA) is 39.6 Å². The molecule has 166 valence electrons. The van der Waals surface area contributed by atoms with E-state index in [4.69, 9.17) is 0 Å². The van der Waals surface area contributed by atoms with Crippen molar-refractivity contribution in [1.82, 2.24) is 14.8 Å². The first kappa shape index (κ1) is 21.2. The molecule has 0 aliphatic carbocycles. The second-order valence-electron chi connectivity index (χ2n) is 9.90. The number of nitrogens with zero attached hydrogens (tertiary/aromatic N) is 3. The van der Waals surface area contributed by atoms with E-state index in [0.717, 1.165) is 44.7 Å². The van der Waals surface area contributed by atoms with Crippen LogP contribution in [0.25, 0.3) is 11.1 Å². The normalized spacial score (nSPS) is 26.6. The van der Waals surface area contributed by atoms with Gasteiger partial charge in [-0.05, 0) is 58.2 Å². The van der Waals surface area contributed by atoms with Crippen LogP contribution in [0.1, 0.15) is 31.4 Å². The van der Waals surface area contributed by atoms with Gasteiger partial charge in [0.05, 0.1) is 0 Å². The zero-order valence-corrected chi connectivity index (χ0v) is 19.1. The fourth-order valence-corrected chi connectivity index (χ4v) is 5.64. The molecule has 0 unspecified atom stereocenters. The molecule has 3 atom stereocenters. The third-order valence-electron chi connectivity index (χ3n) is 7.81. The van der Waals surface area contributed by atoms with E-state index in [-0.39, 0.29) is 5.41 Å². The molecule has 2 fully saturated rings. The number of piperidine rings is 1. The summed E-state index contributed by atoms with van der Waals surface area (Å²) in [5.41, 5.74) is 5.11. The maximum Gasteiger partial charge on any atom is 0.115 e. The number of fused-ring (bicyclic) bond motifs is 1. The summed E-state index contributed by atoms with van der Waals surface area (Å²) in [6.45, 7) is 10.2.